The van der Waals surface area contributed by atoms with Crippen molar-refractivity contribution in [2.24, 2.45) is 4.99 Å². The van der Waals surface area contributed by atoms with E-state index in [0.29, 0.717) is 24.9 Å². The van der Waals surface area contributed by atoms with Gasteiger partial charge in [-0.15, -0.1) is 30.6 Å². The standard InChI is InChI=1S/C14H23N5O2.HI/c1-6-7-15-14(17-9-13(20)19(4)5)16-8-12-18-10(2)11(3)21-12;/h6H,1,7-9H2,2-5H3,(H2,15,16,17);1H. The van der Waals surface area contributed by atoms with E-state index in [4.69, 9.17) is 4.42 Å². The lowest BCUT2D eigenvalue weighted by molar-refractivity contribution is -0.127. The zero-order chi connectivity index (χ0) is 15.8. The van der Waals surface area contributed by atoms with Gasteiger partial charge in [-0.1, -0.05) is 6.08 Å². The second kappa shape index (κ2) is 10.2. The maximum absolute atomic E-state index is 11.6. The van der Waals surface area contributed by atoms with Gasteiger partial charge in [-0.2, -0.15) is 0 Å². The molecule has 22 heavy (non-hydrogen) atoms. The monoisotopic (exact) mass is 421 g/mol. The summed E-state index contributed by atoms with van der Waals surface area (Å²) < 4.78 is 5.48. The van der Waals surface area contributed by atoms with Crippen LogP contribution in [0, 0.1) is 13.8 Å². The van der Waals surface area contributed by atoms with Gasteiger partial charge in [0.05, 0.1) is 12.2 Å². The largest absolute Gasteiger partial charge is 0.444 e. The van der Waals surface area contributed by atoms with Gasteiger partial charge < -0.3 is 20.0 Å². The van der Waals surface area contributed by atoms with Crippen molar-refractivity contribution < 1.29 is 9.21 Å². The number of nitrogens with one attached hydrogen (secondary N) is 2. The fraction of sp³-hybridized carbons (Fsp3) is 0.500. The van der Waals surface area contributed by atoms with Gasteiger partial charge >= 0.3 is 0 Å². The van der Waals surface area contributed by atoms with E-state index in [-0.39, 0.29) is 36.4 Å². The van der Waals surface area contributed by atoms with Gasteiger partial charge in [0, 0.05) is 20.6 Å². The number of hydrogen-bond acceptors (Lipinski definition) is 4. The number of aromatic nitrogens is 1. The van der Waals surface area contributed by atoms with Gasteiger partial charge in [0.2, 0.25) is 11.8 Å². The molecule has 0 aromatic carbocycles. The Bertz CT molecular complexity index is 506. The Labute approximate surface area is 148 Å². The quantitative estimate of drug-likeness (QED) is 0.313. The normalized spacial score (nSPS) is 10.6. The number of rotatable bonds is 6. The lowest BCUT2D eigenvalue weighted by Crippen LogP contribution is -2.38. The van der Waals surface area contributed by atoms with Gasteiger partial charge in [0.1, 0.15) is 12.3 Å². The minimum Gasteiger partial charge on any atom is -0.444 e. The zero-order valence-electron chi connectivity index (χ0n) is 13.5. The predicted octanol–water partition coefficient (Wildman–Crippen LogP) is 1.22. The van der Waals surface area contributed by atoms with Gasteiger partial charge in [-0.3, -0.25) is 4.79 Å². The van der Waals surface area contributed by atoms with Crippen molar-refractivity contribution in [1.82, 2.24) is 20.5 Å². The molecule has 0 atom stereocenters. The minimum absolute atomic E-state index is 0. The number of amides is 1. The molecule has 0 aliphatic rings. The van der Waals surface area contributed by atoms with Crippen molar-refractivity contribution in [3.63, 3.8) is 0 Å². The Morgan fingerprint density at radius 3 is 2.59 bits per heavy atom. The molecule has 1 heterocycles. The van der Waals surface area contributed by atoms with E-state index in [0.717, 1.165) is 11.5 Å². The molecule has 1 aromatic heterocycles. The Kier molecular flexibility index (Phi) is 9.46. The smallest absolute Gasteiger partial charge is 0.243 e. The van der Waals surface area contributed by atoms with Gasteiger partial charge in [0.15, 0.2) is 5.96 Å². The van der Waals surface area contributed by atoms with Crippen molar-refractivity contribution in [3.05, 3.63) is 30.0 Å². The van der Waals surface area contributed by atoms with E-state index in [1.807, 2.05) is 13.8 Å². The highest BCUT2D eigenvalue weighted by molar-refractivity contribution is 14.0. The first kappa shape index (κ1) is 20.4. The second-order valence-electron chi connectivity index (χ2n) is 4.73. The lowest BCUT2D eigenvalue weighted by atomic mass is 10.4. The van der Waals surface area contributed by atoms with Crippen LogP contribution in [-0.2, 0) is 11.3 Å². The SMILES string of the molecule is C=CCNC(=NCC(=O)N(C)C)NCc1nc(C)c(C)o1.I. The Balaban J connectivity index is 0.00000441. The number of oxazole rings is 1. The molecular formula is C14H24IN5O2. The molecule has 0 saturated carbocycles. The van der Waals surface area contributed by atoms with E-state index < -0.39 is 0 Å². The molecule has 1 amide bonds. The van der Waals surface area contributed by atoms with E-state index in [1.54, 1.807) is 20.2 Å². The molecule has 7 nitrogen and oxygen atoms in total. The topological polar surface area (TPSA) is 82.8 Å². The summed E-state index contributed by atoms with van der Waals surface area (Å²) in [5.41, 5.74) is 0.868. The lowest BCUT2D eigenvalue weighted by Gasteiger charge is -2.11. The van der Waals surface area contributed by atoms with E-state index in [1.165, 1.54) is 4.90 Å². The average Bonchev–Trinajstić information content (AvgIpc) is 2.76. The third kappa shape index (κ3) is 6.92. The molecule has 0 spiro atoms. The molecule has 0 unspecified atom stereocenters. The Morgan fingerprint density at radius 2 is 2.09 bits per heavy atom. The average molecular weight is 421 g/mol. The number of likely N-dealkylation sites (N-methyl/N-ethyl adjacent to an activating group) is 1. The molecule has 1 aromatic rings. The van der Waals surface area contributed by atoms with Crippen LogP contribution < -0.4 is 10.6 Å². The zero-order valence-corrected chi connectivity index (χ0v) is 15.8. The van der Waals surface area contributed by atoms with Crippen molar-refractivity contribution in [3.8, 4) is 0 Å². The number of hydrogen-bond donors (Lipinski definition) is 2. The molecule has 0 aliphatic heterocycles. The third-order valence-electron chi connectivity index (χ3n) is 2.76. The number of aryl methyl sites for hydroxylation is 2. The summed E-state index contributed by atoms with van der Waals surface area (Å²) in [4.78, 5) is 21.5. The van der Waals surface area contributed by atoms with Crippen LogP contribution in [0.5, 0.6) is 0 Å². The molecule has 0 bridgehead atoms. The maximum atomic E-state index is 11.6. The van der Waals surface area contributed by atoms with Gasteiger partial charge in [-0.05, 0) is 13.8 Å². The van der Waals surface area contributed by atoms with Crippen LogP contribution in [0.15, 0.2) is 22.1 Å². The van der Waals surface area contributed by atoms with Crippen LogP contribution in [0.2, 0.25) is 0 Å². The first-order chi connectivity index (χ1) is 9.93. The molecule has 0 fully saturated rings. The maximum Gasteiger partial charge on any atom is 0.243 e. The summed E-state index contributed by atoms with van der Waals surface area (Å²) in [6.07, 6.45) is 1.71. The summed E-state index contributed by atoms with van der Waals surface area (Å²) in [5, 5.41) is 6.11. The number of guanidine groups is 1. The van der Waals surface area contributed by atoms with Crippen LogP contribution in [0.3, 0.4) is 0 Å². The van der Waals surface area contributed by atoms with Crippen molar-refractivity contribution in [2.75, 3.05) is 27.2 Å². The predicted molar refractivity (Wildman–Crippen MR) is 97.4 cm³/mol. The van der Waals surface area contributed by atoms with Crippen LogP contribution in [0.4, 0.5) is 0 Å². The van der Waals surface area contributed by atoms with Crippen molar-refractivity contribution in [1.29, 1.82) is 0 Å². The van der Waals surface area contributed by atoms with Crippen LogP contribution in [0.25, 0.3) is 0 Å². The highest BCUT2D eigenvalue weighted by atomic mass is 127. The Morgan fingerprint density at radius 1 is 1.41 bits per heavy atom. The molecule has 0 saturated heterocycles. The number of carbonyl (C=O) groups excluding carboxylic acids is 1. The summed E-state index contributed by atoms with van der Waals surface area (Å²) in [7, 11) is 3.39. The summed E-state index contributed by atoms with van der Waals surface area (Å²) in [6.45, 7) is 8.41. The third-order valence-corrected chi connectivity index (χ3v) is 2.76. The van der Waals surface area contributed by atoms with E-state index in [9.17, 15) is 4.79 Å². The molecule has 1 rings (SSSR count). The number of nitrogens with zero attached hydrogens (tertiary/aromatic N) is 3. The second-order valence-corrected chi connectivity index (χ2v) is 4.73. The molecular weight excluding hydrogens is 397 g/mol. The fourth-order valence-electron chi connectivity index (χ4n) is 1.41. The number of halogens is 1. The van der Waals surface area contributed by atoms with Crippen molar-refractivity contribution in [2.45, 2.75) is 20.4 Å². The highest BCUT2D eigenvalue weighted by Gasteiger charge is 2.07. The van der Waals surface area contributed by atoms with Crippen LogP contribution >= 0.6 is 24.0 Å². The van der Waals surface area contributed by atoms with E-state index in [2.05, 4.69) is 27.2 Å². The first-order valence-corrected chi connectivity index (χ1v) is 6.70. The molecule has 124 valence electrons. The number of aliphatic imine (C=N–C) groups is 1. The van der Waals surface area contributed by atoms with Crippen molar-refractivity contribution >= 4 is 35.8 Å². The molecule has 8 heteroatoms. The fourth-order valence-corrected chi connectivity index (χ4v) is 1.41. The summed E-state index contributed by atoms with van der Waals surface area (Å²) >= 11 is 0. The number of carbonyl (C=O) groups is 1. The van der Waals surface area contributed by atoms with Crippen LogP contribution in [0.1, 0.15) is 17.3 Å². The van der Waals surface area contributed by atoms with Gasteiger partial charge in [-0.25, -0.2) is 9.98 Å². The molecule has 2 N–H and O–H groups in total. The molecule has 0 radical (unpaired) electrons. The first-order valence-electron chi connectivity index (χ1n) is 6.70. The Hall–Kier alpha value is -1.58. The van der Waals surface area contributed by atoms with Crippen LogP contribution in [-0.4, -0.2) is 48.9 Å². The van der Waals surface area contributed by atoms with Gasteiger partial charge in [0.25, 0.3) is 0 Å². The summed E-state index contributed by atoms with van der Waals surface area (Å²) in [6, 6.07) is 0. The molecule has 0 aliphatic carbocycles. The summed E-state index contributed by atoms with van der Waals surface area (Å²) in [5.74, 6) is 1.82. The highest BCUT2D eigenvalue weighted by Crippen LogP contribution is 2.07. The van der Waals surface area contributed by atoms with E-state index >= 15 is 0 Å². The minimum atomic E-state index is -0.0717.